The molecule has 6 nitrogen and oxygen atoms in total. The second kappa shape index (κ2) is 10.5. The zero-order valence-corrected chi connectivity index (χ0v) is 18.9. The molecule has 1 aromatic heterocycles. The van der Waals surface area contributed by atoms with Crippen LogP contribution in [-0.2, 0) is 19.5 Å². The Morgan fingerprint density at radius 1 is 1.19 bits per heavy atom. The third-order valence-electron chi connectivity index (χ3n) is 6.04. The van der Waals surface area contributed by atoms with Gasteiger partial charge in [-0.3, -0.25) is 4.99 Å². The molecule has 0 aliphatic carbocycles. The van der Waals surface area contributed by atoms with Gasteiger partial charge in [-0.2, -0.15) is 0 Å². The number of rotatable bonds is 5. The highest BCUT2D eigenvalue weighted by Gasteiger charge is 2.29. The Bertz CT molecular complexity index is 581. The first-order valence-corrected chi connectivity index (χ1v) is 10.1. The molecule has 3 rings (SSSR count). The van der Waals surface area contributed by atoms with Crippen molar-refractivity contribution in [1.82, 2.24) is 25.0 Å². The predicted molar refractivity (Wildman–Crippen MR) is 117 cm³/mol. The quantitative estimate of drug-likeness (QED) is 0.404. The third-order valence-corrected chi connectivity index (χ3v) is 6.04. The fourth-order valence-electron chi connectivity index (χ4n) is 4.49. The Hall–Kier alpha value is -0.860. The van der Waals surface area contributed by atoms with Gasteiger partial charge in [0.15, 0.2) is 11.8 Å². The van der Waals surface area contributed by atoms with Crippen molar-refractivity contribution in [3.05, 3.63) is 11.6 Å². The molecule has 26 heavy (non-hydrogen) atoms. The average Bonchev–Trinajstić information content (AvgIpc) is 3.18. The van der Waals surface area contributed by atoms with Crippen LogP contribution < -0.4 is 5.32 Å². The van der Waals surface area contributed by atoms with E-state index in [0.29, 0.717) is 6.54 Å². The van der Waals surface area contributed by atoms with E-state index in [-0.39, 0.29) is 24.0 Å². The first-order valence-electron chi connectivity index (χ1n) is 10.1. The Labute approximate surface area is 175 Å². The van der Waals surface area contributed by atoms with Crippen LogP contribution in [0.5, 0.6) is 0 Å². The summed E-state index contributed by atoms with van der Waals surface area (Å²) in [6.07, 6.45) is 8.68. The lowest BCUT2D eigenvalue weighted by molar-refractivity contribution is 0.319. The Balaban J connectivity index is 0.00000243. The second-order valence-corrected chi connectivity index (χ2v) is 7.47. The highest BCUT2D eigenvalue weighted by Crippen LogP contribution is 2.28. The van der Waals surface area contributed by atoms with Crippen molar-refractivity contribution >= 4 is 29.9 Å². The van der Waals surface area contributed by atoms with Crippen molar-refractivity contribution in [3.8, 4) is 0 Å². The van der Waals surface area contributed by atoms with Gasteiger partial charge in [0, 0.05) is 33.1 Å². The molecule has 0 amide bonds. The van der Waals surface area contributed by atoms with Gasteiger partial charge in [-0.1, -0.05) is 33.1 Å². The molecule has 1 aromatic rings. The number of halogens is 1. The standard InChI is InChI=1S/C19H34N6.HI/c1-4-15(5-2)16-10-12-24(14-16)19(20-3)21-13-18-23-22-17-9-7-6-8-11-25(17)18;/h15-16H,4-14H2,1-3H3,(H,20,21);1H. The van der Waals surface area contributed by atoms with Crippen molar-refractivity contribution in [1.29, 1.82) is 0 Å². The highest BCUT2D eigenvalue weighted by atomic mass is 127. The van der Waals surface area contributed by atoms with Gasteiger partial charge < -0.3 is 14.8 Å². The summed E-state index contributed by atoms with van der Waals surface area (Å²) in [6, 6.07) is 0. The molecule has 1 saturated heterocycles. The molecule has 0 bridgehead atoms. The number of nitrogens with zero attached hydrogens (tertiary/aromatic N) is 5. The number of aromatic nitrogens is 3. The van der Waals surface area contributed by atoms with Crippen molar-refractivity contribution < 1.29 is 0 Å². The number of hydrogen-bond donors (Lipinski definition) is 1. The molecule has 2 aliphatic rings. The lowest BCUT2D eigenvalue weighted by atomic mass is 9.87. The molecular formula is C19H35IN6. The maximum atomic E-state index is 4.52. The van der Waals surface area contributed by atoms with E-state index in [4.69, 9.17) is 0 Å². The van der Waals surface area contributed by atoms with Crippen LogP contribution in [0.25, 0.3) is 0 Å². The number of aryl methyl sites for hydroxylation is 1. The molecule has 0 saturated carbocycles. The fourth-order valence-corrected chi connectivity index (χ4v) is 4.49. The topological polar surface area (TPSA) is 58.3 Å². The van der Waals surface area contributed by atoms with Gasteiger partial charge in [-0.05, 0) is 31.1 Å². The minimum atomic E-state index is 0. The van der Waals surface area contributed by atoms with E-state index >= 15 is 0 Å². The summed E-state index contributed by atoms with van der Waals surface area (Å²) in [5, 5.41) is 12.3. The first kappa shape index (κ1) is 21.4. The molecule has 0 aromatic carbocycles. The molecule has 1 atom stereocenters. The minimum Gasteiger partial charge on any atom is -0.349 e. The summed E-state index contributed by atoms with van der Waals surface area (Å²) in [7, 11) is 1.89. The summed E-state index contributed by atoms with van der Waals surface area (Å²) in [4.78, 5) is 6.94. The van der Waals surface area contributed by atoms with Gasteiger partial charge in [-0.15, -0.1) is 34.2 Å². The summed E-state index contributed by atoms with van der Waals surface area (Å²) >= 11 is 0. The van der Waals surface area contributed by atoms with Gasteiger partial charge in [0.1, 0.15) is 5.82 Å². The van der Waals surface area contributed by atoms with E-state index in [0.717, 1.165) is 55.5 Å². The van der Waals surface area contributed by atoms with Crippen LogP contribution in [-0.4, -0.2) is 45.8 Å². The summed E-state index contributed by atoms with van der Waals surface area (Å²) < 4.78 is 2.31. The summed E-state index contributed by atoms with van der Waals surface area (Å²) in [5.41, 5.74) is 0. The number of aliphatic imine (C=N–C) groups is 1. The number of hydrogen-bond acceptors (Lipinski definition) is 3. The normalized spacial score (nSPS) is 20.7. The maximum Gasteiger partial charge on any atom is 0.194 e. The van der Waals surface area contributed by atoms with E-state index in [1.807, 2.05) is 7.05 Å². The maximum absolute atomic E-state index is 4.52. The van der Waals surface area contributed by atoms with Crippen LogP contribution in [0.2, 0.25) is 0 Å². The number of nitrogens with one attached hydrogen (secondary N) is 1. The third kappa shape index (κ3) is 4.89. The second-order valence-electron chi connectivity index (χ2n) is 7.47. The smallest absolute Gasteiger partial charge is 0.194 e. The van der Waals surface area contributed by atoms with Gasteiger partial charge in [0.2, 0.25) is 0 Å². The Morgan fingerprint density at radius 2 is 2.00 bits per heavy atom. The molecule has 0 spiro atoms. The molecule has 1 N–H and O–H groups in total. The number of fused-ring (bicyclic) bond motifs is 1. The summed E-state index contributed by atoms with van der Waals surface area (Å²) in [5.74, 6) is 4.86. The van der Waals surface area contributed by atoms with Crippen LogP contribution in [0.3, 0.4) is 0 Å². The number of likely N-dealkylation sites (tertiary alicyclic amines) is 1. The molecule has 3 heterocycles. The molecule has 7 heteroatoms. The largest absolute Gasteiger partial charge is 0.349 e. The van der Waals surface area contributed by atoms with Crippen molar-refractivity contribution in [2.75, 3.05) is 20.1 Å². The van der Waals surface area contributed by atoms with Crippen LogP contribution in [0.4, 0.5) is 0 Å². The monoisotopic (exact) mass is 474 g/mol. The van der Waals surface area contributed by atoms with Gasteiger partial charge >= 0.3 is 0 Å². The molecule has 1 fully saturated rings. The fraction of sp³-hybridized carbons (Fsp3) is 0.842. The van der Waals surface area contributed by atoms with E-state index < -0.39 is 0 Å². The van der Waals surface area contributed by atoms with Crippen LogP contribution in [0.1, 0.15) is 64.0 Å². The van der Waals surface area contributed by atoms with Crippen molar-refractivity contribution in [2.45, 2.75) is 71.9 Å². The SMILES string of the molecule is CCC(CC)C1CCN(C(=NC)NCc2nnc3n2CCCCC3)C1.I. The van der Waals surface area contributed by atoms with E-state index in [1.54, 1.807) is 0 Å². The van der Waals surface area contributed by atoms with Crippen LogP contribution in [0.15, 0.2) is 4.99 Å². The molecule has 1 unspecified atom stereocenters. The average molecular weight is 474 g/mol. The molecule has 2 aliphatic heterocycles. The summed E-state index contributed by atoms with van der Waals surface area (Å²) in [6.45, 7) is 8.65. The molecule has 148 valence electrons. The molecule has 0 radical (unpaired) electrons. The Morgan fingerprint density at radius 3 is 2.73 bits per heavy atom. The van der Waals surface area contributed by atoms with E-state index in [2.05, 4.69) is 43.8 Å². The van der Waals surface area contributed by atoms with Crippen LogP contribution in [0, 0.1) is 11.8 Å². The minimum absolute atomic E-state index is 0. The van der Waals surface area contributed by atoms with Gasteiger partial charge in [-0.25, -0.2) is 0 Å². The first-order chi connectivity index (χ1) is 12.3. The van der Waals surface area contributed by atoms with Gasteiger partial charge in [0.25, 0.3) is 0 Å². The van der Waals surface area contributed by atoms with Crippen molar-refractivity contribution in [3.63, 3.8) is 0 Å². The predicted octanol–water partition coefficient (Wildman–Crippen LogP) is 3.46. The zero-order valence-electron chi connectivity index (χ0n) is 16.6. The van der Waals surface area contributed by atoms with E-state index in [1.165, 1.54) is 38.5 Å². The zero-order chi connectivity index (χ0) is 17.6. The Kier molecular flexibility index (Phi) is 8.63. The number of guanidine groups is 1. The van der Waals surface area contributed by atoms with Crippen LogP contribution >= 0.6 is 24.0 Å². The van der Waals surface area contributed by atoms with Crippen molar-refractivity contribution in [2.24, 2.45) is 16.8 Å². The lowest BCUT2D eigenvalue weighted by Crippen LogP contribution is -2.40. The molecular weight excluding hydrogens is 439 g/mol. The van der Waals surface area contributed by atoms with E-state index in [9.17, 15) is 0 Å². The highest BCUT2D eigenvalue weighted by molar-refractivity contribution is 14.0. The lowest BCUT2D eigenvalue weighted by Gasteiger charge is -2.24. The van der Waals surface area contributed by atoms with Gasteiger partial charge in [0.05, 0.1) is 6.54 Å².